The highest BCUT2D eigenvalue weighted by Gasteiger charge is 2.17. The maximum absolute atomic E-state index is 11.9. The Balaban J connectivity index is 1.91. The van der Waals surface area contributed by atoms with Gasteiger partial charge in [-0.3, -0.25) is 9.19 Å². The van der Waals surface area contributed by atoms with E-state index in [4.69, 9.17) is 0 Å². The average molecular weight is 225 g/mol. The molecule has 4 nitrogen and oxygen atoms in total. The van der Waals surface area contributed by atoms with E-state index < -0.39 is 10.8 Å². The third kappa shape index (κ3) is 3.07. The van der Waals surface area contributed by atoms with Crippen LogP contribution in [0.1, 0.15) is 12.8 Å². The summed E-state index contributed by atoms with van der Waals surface area (Å²) in [5.74, 6) is 1.22. The monoisotopic (exact) mass is 225 g/mol. The van der Waals surface area contributed by atoms with Crippen molar-refractivity contribution in [1.29, 1.82) is 0 Å². The summed E-state index contributed by atoms with van der Waals surface area (Å²) < 4.78 is 11.9. The van der Waals surface area contributed by atoms with Gasteiger partial charge in [-0.1, -0.05) is 0 Å². The molecule has 0 bridgehead atoms. The van der Waals surface area contributed by atoms with E-state index in [1.165, 1.54) is 12.8 Å². The minimum absolute atomic E-state index is 0.515. The summed E-state index contributed by atoms with van der Waals surface area (Å²) in [6.45, 7) is 2.07. The van der Waals surface area contributed by atoms with Crippen LogP contribution in [-0.4, -0.2) is 33.0 Å². The molecule has 15 heavy (non-hydrogen) atoms. The van der Waals surface area contributed by atoms with E-state index in [-0.39, 0.29) is 0 Å². The zero-order valence-electron chi connectivity index (χ0n) is 8.56. The predicted octanol–water partition coefficient (Wildman–Crippen LogP) is 0.584. The van der Waals surface area contributed by atoms with Crippen LogP contribution < -0.4 is 5.32 Å². The maximum Gasteiger partial charge on any atom is 0.145 e. The topological polar surface area (TPSA) is 54.9 Å². The molecule has 1 fully saturated rings. The zero-order chi connectivity index (χ0) is 10.5. The Bertz CT molecular complexity index is 325. The van der Waals surface area contributed by atoms with Crippen LogP contribution in [0.15, 0.2) is 23.6 Å². The molecule has 0 saturated carbocycles. The van der Waals surface area contributed by atoms with Crippen LogP contribution in [0.5, 0.6) is 0 Å². The summed E-state index contributed by atoms with van der Waals surface area (Å²) in [6.07, 6.45) is 7.13. The lowest BCUT2D eigenvalue weighted by molar-refractivity contribution is 0.408. The van der Waals surface area contributed by atoms with Gasteiger partial charge in [0.15, 0.2) is 0 Å². The van der Waals surface area contributed by atoms with E-state index in [1.54, 1.807) is 18.6 Å². The van der Waals surface area contributed by atoms with Crippen LogP contribution in [-0.2, 0) is 10.8 Å². The van der Waals surface area contributed by atoms with Gasteiger partial charge in [0.2, 0.25) is 0 Å². The molecule has 0 aromatic carbocycles. The second-order valence-corrected chi connectivity index (χ2v) is 5.21. The van der Waals surface area contributed by atoms with Gasteiger partial charge in [0.05, 0.1) is 17.0 Å². The number of piperidine rings is 1. The quantitative estimate of drug-likeness (QED) is 0.817. The summed E-state index contributed by atoms with van der Waals surface area (Å²) >= 11 is 0. The first-order chi connectivity index (χ1) is 7.36. The molecule has 2 rings (SSSR count). The number of rotatable bonds is 3. The van der Waals surface area contributed by atoms with E-state index in [0.717, 1.165) is 13.1 Å². The smallest absolute Gasteiger partial charge is 0.145 e. The van der Waals surface area contributed by atoms with Crippen molar-refractivity contribution >= 4 is 10.8 Å². The van der Waals surface area contributed by atoms with Crippen LogP contribution >= 0.6 is 0 Å². The molecule has 5 heteroatoms. The first-order valence-corrected chi connectivity index (χ1v) is 6.53. The predicted molar refractivity (Wildman–Crippen MR) is 58.9 cm³/mol. The van der Waals surface area contributed by atoms with Crippen molar-refractivity contribution in [3.8, 4) is 0 Å². The summed E-state index contributed by atoms with van der Waals surface area (Å²) in [7, 11) is -0.995. The van der Waals surface area contributed by atoms with E-state index in [9.17, 15) is 4.21 Å². The molecular weight excluding hydrogens is 210 g/mol. The second kappa shape index (κ2) is 5.32. The third-order valence-corrected chi connectivity index (χ3v) is 4.01. The first kappa shape index (κ1) is 10.7. The van der Waals surface area contributed by atoms with Crippen molar-refractivity contribution in [3.63, 3.8) is 0 Å². The molecule has 82 valence electrons. The fourth-order valence-electron chi connectivity index (χ4n) is 1.77. The third-order valence-electron chi connectivity index (χ3n) is 2.56. The molecule has 1 N–H and O–H groups in total. The van der Waals surface area contributed by atoms with Crippen LogP contribution in [0, 0.1) is 5.92 Å². The number of nitrogens with zero attached hydrogens (tertiary/aromatic N) is 2. The largest absolute Gasteiger partial charge is 0.316 e. The Morgan fingerprint density at radius 1 is 1.53 bits per heavy atom. The minimum atomic E-state index is -0.995. The van der Waals surface area contributed by atoms with Crippen LogP contribution in [0.3, 0.4) is 0 Å². The summed E-state index contributed by atoms with van der Waals surface area (Å²) in [4.78, 5) is 7.99. The number of nitrogens with one attached hydrogen (secondary N) is 1. The standard InChI is InChI=1S/C10H15N3OS/c14-15(10-7-12-4-5-13-10)8-9-2-1-3-11-6-9/h4-5,7,9,11H,1-3,6,8H2/t9-,15+/m0/s1. The van der Waals surface area contributed by atoms with Gasteiger partial charge in [-0.25, -0.2) is 4.98 Å². The molecule has 1 aromatic rings. The fraction of sp³-hybridized carbons (Fsp3) is 0.600. The molecule has 0 spiro atoms. The minimum Gasteiger partial charge on any atom is -0.316 e. The average Bonchev–Trinajstić information content (AvgIpc) is 2.31. The van der Waals surface area contributed by atoms with Crippen LogP contribution in [0.25, 0.3) is 0 Å². The van der Waals surface area contributed by atoms with Gasteiger partial charge in [0, 0.05) is 18.1 Å². The lowest BCUT2D eigenvalue weighted by Crippen LogP contribution is -2.32. The van der Waals surface area contributed by atoms with Crippen molar-refractivity contribution in [2.24, 2.45) is 5.92 Å². The number of hydrogen-bond acceptors (Lipinski definition) is 4. The van der Waals surface area contributed by atoms with Crippen molar-refractivity contribution in [2.75, 3.05) is 18.8 Å². The van der Waals surface area contributed by atoms with E-state index >= 15 is 0 Å². The highest BCUT2D eigenvalue weighted by Crippen LogP contribution is 2.13. The number of hydrogen-bond donors (Lipinski definition) is 1. The normalized spacial score (nSPS) is 23.6. The van der Waals surface area contributed by atoms with E-state index in [0.29, 0.717) is 16.7 Å². The molecule has 1 aliphatic heterocycles. The van der Waals surface area contributed by atoms with Crippen molar-refractivity contribution in [1.82, 2.24) is 15.3 Å². The van der Waals surface area contributed by atoms with E-state index in [1.807, 2.05) is 0 Å². The highest BCUT2D eigenvalue weighted by atomic mass is 32.2. The van der Waals surface area contributed by atoms with Crippen molar-refractivity contribution in [3.05, 3.63) is 18.6 Å². The van der Waals surface area contributed by atoms with Gasteiger partial charge < -0.3 is 5.32 Å². The Morgan fingerprint density at radius 3 is 3.13 bits per heavy atom. The zero-order valence-corrected chi connectivity index (χ0v) is 9.37. The maximum atomic E-state index is 11.9. The molecule has 1 saturated heterocycles. The van der Waals surface area contributed by atoms with Gasteiger partial charge in [0.25, 0.3) is 0 Å². The Labute approximate surface area is 92.0 Å². The molecule has 0 aliphatic carbocycles. The Morgan fingerprint density at radius 2 is 2.47 bits per heavy atom. The van der Waals surface area contributed by atoms with E-state index in [2.05, 4.69) is 15.3 Å². The van der Waals surface area contributed by atoms with Gasteiger partial charge in [0.1, 0.15) is 5.03 Å². The van der Waals surface area contributed by atoms with Gasteiger partial charge >= 0.3 is 0 Å². The fourth-order valence-corrected chi connectivity index (χ4v) is 3.01. The van der Waals surface area contributed by atoms with Gasteiger partial charge in [-0.2, -0.15) is 0 Å². The molecular formula is C10H15N3OS. The highest BCUT2D eigenvalue weighted by molar-refractivity contribution is 7.84. The van der Waals surface area contributed by atoms with Crippen LogP contribution in [0.4, 0.5) is 0 Å². The Hall–Kier alpha value is -0.810. The summed E-state index contributed by atoms with van der Waals surface area (Å²) in [5.41, 5.74) is 0. The van der Waals surface area contributed by atoms with Gasteiger partial charge in [-0.05, 0) is 31.8 Å². The molecule has 0 amide bonds. The Kier molecular flexibility index (Phi) is 3.80. The molecule has 2 heterocycles. The molecule has 0 unspecified atom stereocenters. The van der Waals surface area contributed by atoms with Crippen molar-refractivity contribution in [2.45, 2.75) is 17.9 Å². The van der Waals surface area contributed by atoms with Crippen molar-refractivity contribution < 1.29 is 4.21 Å². The number of aromatic nitrogens is 2. The van der Waals surface area contributed by atoms with Crippen LogP contribution in [0.2, 0.25) is 0 Å². The lowest BCUT2D eigenvalue weighted by atomic mass is 10.0. The molecule has 1 aliphatic rings. The molecule has 2 atom stereocenters. The second-order valence-electron chi connectivity index (χ2n) is 3.77. The summed E-state index contributed by atoms with van der Waals surface area (Å²) in [6, 6.07) is 0. The first-order valence-electron chi connectivity index (χ1n) is 5.21. The lowest BCUT2D eigenvalue weighted by Gasteiger charge is -2.21. The molecule has 0 radical (unpaired) electrons. The summed E-state index contributed by atoms with van der Waals surface area (Å²) in [5, 5.41) is 3.92. The van der Waals surface area contributed by atoms with Gasteiger partial charge in [-0.15, -0.1) is 0 Å². The SMILES string of the molecule is O=[S@](C[C@H]1CCCNC1)c1cnccn1. The molecule has 1 aromatic heterocycles.